The van der Waals surface area contributed by atoms with Crippen molar-refractivity contribution in [3.05, 3.63) is 24.3 Å². The van der Waals surface area contributed by atoms with Gasteiger partial charge in [-0.3, -0.25) is 0 Å². The summed E-state index contributed by atoms with van der Waals surface area (Å²) in [6.45, 7) is 0. The van der Waals surface area contributed by atoms with E-state index < -0.39 is 21.1 Å². The zero-order chi connectivity index (χ0) is 11.6. The summed E-state index contributed by atoms with van der Waals surface area (Å²) in [4.78, 5) is 0.0744. The van der Waals surface area contributed by atoms with Crippen molar-refractivity contribution in [2.75, 3.05) is 14.1 Å². The molecular weight excluding hydrogens is 238 g/mol. The van der Waals surface area contributed by atoms with E-state index in [0.717, 1.165) is 4.31 Å². The van der Waals surface area contributed by atoms with Crippen molar-refractivity contribution < 1.29 is 17.2 Å². The number of benzene rings is 1. The first kappa shape index (κ1) is 12.3. The average Bonchev–Trinajstić information content (AvgIpc) is 2.17. The molecule has 84 valence electrons. The van der Waals surface area contributed by atoms with Crippen LogP contribution in [0.25, 0.3) is 0 Å². The van der Waals surface area contributed by atoms with Gasteiger partial charge >= 0.3 is 0 Å². The largest absolute Gasteiger partial charge is 0.302 e. The van der Waals surface area contributed by atoms with Gasteiger partial charge in [-0.15, -0.1) is 0 Å². The zero-order valence-corrected chi connectivity index (χ0v) is 9.88. The van der Waals surface area contributed by atoms with Crippen LogP contribution in [0.3, 0.4) is 0 Å². The molecule has 0 saturated carbocycles. The van der Waals surface area contributed by atoms with Crippen molar-refractivity contribution >= 4 is 21.1 Å². The Morgan fingerprint density at radius 1 is 1.33 bits per heavy atom. The summed E-state index contributed by atoms with van der Waals surface area (Å²) in [5.74, 6) is 0. The van der Waals surface area contributed by atoms with Crippen LogP contribution in [0.1, 0.15) is 0 Å². The van der Waals surface area contributed by atoms with E-state index in [2.05, 4.69) is 0 Å². The van der Waals surface area contributed by atoms with E-state index in [9.17, 15) is 12.6 Å². The Hall–Kier alpha value is -0.760. The Balaban J connectivity index is 3.29. The molecule has 1 N–H and O–H groups in total. The Morgan fingerprint density at radius 3 is 2.40 bits per heavy atom. The van der Waals surface area contributed by atoms with Crippen molar-refractivity contribution in [2.45, 2.75) is 9.79 Å². The molecule has 7 heteroatoms. The van der Waals surface area contributed by atoms with Crippen LogP contribution in [0, 0.1) is 0 Å². The second kappa shape index (κ2) is 4.40. The van der Waals surface area contributed by atoms with Crippen molar-refractivity contribution in [2.24, 2.45) is 0 Å². The molecule has 0 saturated heterocycles. The maximum atomic E-state index is 11.7. The maximum Gasteiger partial charge on any atom is 0.242 e. The van der Waals surface area contributed by atoms with E-state index in [1.54, 1.807) is 0 Å². The van der Waals surface area contributed by atoms with E-state index in [1.165, 1.54) is 38.4 Å². The predicted molar refractivity (Wildman–Crippen MR) is 56.4 cm³/mol. The van der Waals surface area contributed by atoms with Gasteiger partial charge in [0.1, 0.15) is 0 Å². The standard InChI is InChI=1S/C8H11NO4S2/c1-9(2)15(12,13)8-5-3-4-7(6-8)14(10)11/h3-6H,1-2H3,(H,10,11). The van der Waals surface area contributed by atoms with Crippen LogP contribution >= 0.6 is 0 Å². The maximum absolute atomic E-state index is 11.7. The fraction of sp³-hybridized carbons (Fsp3) is 0.250. The molecule has 1 atom stereocenters. The Labute approximate surface area is 91.1 Å². The summed E-state index contributed by atoms with van der Waals surface area (Å²) in [5, 5.41) is 0. The van der Waals surface area contributed by atoms with E-state index >= 15 is 0 Å². The Bertz CT molecular complexity index is 481. The van der Waals surface area contributed by atoms with Gasteiger partial charge in [-0.05, 0) is 18.2 Å². The molecule has 0 bridgehead atoms. The fourth-order valence-corrected chi connectivity index (χ4v) is 2.40. The van der Waals surface area contributed by atoms with Gasteiger partial charge in [0.05, 0.1) is 9.79 Å². The molecule has 0 radical (unpaired) electrons. The topological polar surface area (TPSA) is 74.7 Å². The molecule has 0 aliphatic heterocycles. The number of rotatable bonds is 3. The highest BCUT2D eigenvalue weighted by molar-refractivity contribution is 7.89. The highest BCUT2D eigenvalue weighted by Crippen LogP contribution is 2.16. The van der Waals surface area contributed by atoms with Crippen molar-refractivity contribution in [3.8, 4) is 0 Å². The van der Waals surface area contributed by atoms with Crippen LogP contribution < -0.4 is 0 Å². The van der Waals surface area contributed by atoms with Gasteiger partial charge < -0.3 is 4.55 Å². The van der Waals surface area contributed by atoms with Gasteiger partial charge in [-0.1, -0.05) is 6.07 Å². The first-order chi connectivity index (χ1) is 6.85. The average molecular weight is 249 g/mol. The summed E-state index contributed by atoms with van der Waals surface area (Å²) < 4.78 is 43.9. The quantitative estimate of drug-likeness (QED) is 0.792. The third kappa shape index (κ3) is 2.63. The van der Waals surface area contributed by atoms with Gasteiger partial charge in [0.15, 0.2) is 11.1 Å². The molecule has 0 heterocycles. The minimum Gasteiger partial charge on any atom is -0.302 e. The third-order valence-corrected chi connectivity index (χ3v) is 4.25. The minimum absolute atomic E-state index is 0.00685. The Morgan fingerprint density at radius 2 is 1.93 bits per heavy atom. The number of nitrogens with zero attached hydrogens (tertiary/aromatic N) is 1. The van der Waals surface area contributed by atoms with Gasteiger partial charge in [0.25, 0.3) is 0 Å². The van der Waals surface area contributed by atoms with Crippen molar-refractivity contribution in [1.29, 1.82) is 0 Å². The molecule has 0 aromatic heterocycles. The predicted octanol–water partition coefficient (Wildman–Crippen LogP) is 0.518. The van der Waals surface area contributed by atoms with Crippen molar-refractivity contribution in [3.63, 3.8) is 0 Å². The fourth-order valence-electron chi connectivity index (χ4n) is 0.954. The molecule has 0 spiro atoms. The molecule has 0 aliphatic carbocycles. The third-order valence-electron chi connectivity index (χ3n) is 1.79. The van der Waals surface area contributed by atoms with Gasteiger partial charge in [-0.2, -0.15) is 0 Å². The van der Waals surface area contributed by atoms with E-state index in [-0.39, 0.29) is 9.79 Å². The molecule has 15 heavy (non-hydrogen) atoms. The molecule has 1 unspecified atom stereocenters. The van der Waals surface area contributed by atoms with Crippen LogP contribution in [-0.2, 0) is 21.1 Å². The number of sulfonamides is 1. The highest BCUT2D eigenvalue weighted by Gasteiger charge is 2.17. The summed E-state index contributed by atoms with van der Waals surface area (Å²) in [6, 6.07) is 5.39. The first-order valence-corrected chi connectivity index (χ1v) is 6.54. The van der Waals surface area contributed by atoms with Crippen LogP contribution in [0.4, 0.5) is 0 Å². The van der Waals surface area contributed by atoms with Crippen LogP contribution in [-0.4, -0.2) is 35.6 Å². The van der Waals surface area contributed by atoms with Gasteiger partial charge in [0.2, 0.25) is 10.0 Å². The lowest BCUT2D eigenvalue weighted by Crippen LogP contribution is -2.22. The lowest BCUT2D eigenvalue weighted by molar-refractivity contribution is 0.520. The van der Waals surface area contributed by atoms with Gasteiger partial charge in [0, 0.05) is 14.1 Å². The normalized spacial score (nSPS) is 14.1. The minimum atomic E-state index is -3.55. The molecule has 1 aromatic rings. The molecule has 5 nitrogen and oxygen atoms in total. The lowest BCUT2D eigenvalue weighted by Gasteiger charge is -2.11. The molecular formula is C8H11NO4S2. The van der Waals surface area contributed by atoms with E-state index in [4.69, 9.17) is 4.55 Å². The Kier molecular flexibility index (Phi) is 3.61. The van der Waals surface area contributed by atoms with Crippen LogP contribution in [0.2, 0.25) is 0 Å². The molecule has 1 aromatic carbocycles. The SMILES string of the molecule is CN(C)S(=O)(=O)c1cccc(S(=O)O)c1. The van der Waals surface area contributed by atoms with Gasteiger partial charge in [-0.25, -0.2) is 16.9 Å². The van der Waals surface area contributed by atoms with Crippen LogP contribution in [0.15, 0.2) is 34.1 Å². The molecule has 0 aliphatic rings. The second-order valence-electron chi connectivity index (χ2n) is 3.01. The monoisotopic (exact) mass is 249 g/mol. The van der Waals surface area contributed by atoms with E-state index in [1.807, 2.05) is 0 Å². The smallest absolute Gasteiger partial charge is 0.242 e. The number of hydrogen-bond donors (Lipinski definition) is 1. The first-order valence-electron chi connectivity index (χ1n) is 3.99. The van der Waals surface area contributed by atoms with Crippen LogP contribution in [0.5, 0.6) is 0 Å². The highest BCUT2D eigenvalue weighted by atomic mass is 32.2. The summed E-state index contributed by atoms with van der Waals surface area (Å²) in [5.41, 5.74) is 0. The summed E-state index contributed by atoms with van der Waals surface area (Å²) >= 11 is -2.17. The van der Waals surface area contributed by atoms with E-state index in [0.29, 0.717) is 0 Å². The van der Waals surface area contributed by atoms with Crippen molar-refractivity contribution in [1.82, 2.24) is 4.31 Å². The summed E-state index contributed by atoms with van der Waals surface area (Å²) in [7, 11) is -0.744. The summed E-state index contributed by atoms with van der Waals surface area (Å²) in [6.07, 6.45) is 0. The second-order valence-corrected chi connectivity index (χ2v) is 6.13. The molecule has 0 amide bonds. The lowest BCUT2D eigenvalue weighted by atomic mass is 10.4. The zero-order valence-electron chi connectivity index (χ0n) is 8.25. The number of hydrogen-bond acceptors (Lipinski definition) is 3. The molecule has 0 fully saturated rings. The molecule has 1 rings (SSSR count).